The van der Waals surface area contributed by atoms with Crippen LogP contribution in [0.1, 0.15) is 30.9 Å². The Kier molecular flexibility index (Phi) is 2.34. The Labute approximate surface area is 87.1 Å². The molecule has 2 aromatic rings. The van der Waals surface area contributed by atoms with Crippen LogP contribution in [0, 0.1) is 0 Å². The second-order valence-corrected chi connectivity index (χ2v) is 3.87. The van der Waals surface area contributed by atoms with E-state index in [4.69, 9.17) is 10.2 Å². The molecule has 3 nitrogen and oxygen atoms in total. The average molecular weight is 208 g/mol. The van der Waals surface area contributed by atoms with Crippen LogP contribution >= 0.6 is 0 Å². The summed E-state index contributed by atoms with van der Waals surface area (Å²) in [6, 6.07) is 3.78. The van der Waals surface area contributed by atoms with Crippen molar-refractivity contribution in [1.29, 1.82) is 0 Å². The van der Waals surface area contributed by atoms with Crippen molar-refractivity contribution in [3.63, 3.8) is 0 Å². The lowest BCUT2D eigenvalue weighted by Gasteiger charge is -2.06. The third-order valence-electron chi connectivity index (χ3n) is 2.42. The molecule has 0 saturated heterocycles. The largest absolute Gasteiger partial charge is 0.423 e. The SMILES string of the molecule is CC(C)c1cc(CF)c2oc(N)nc2c1. The minimum Gasteiger partial charge on any atom is -0.423 e. The van der Waals surface area contributed by atoms with Gasteiger partial charge in [-0.05, 0) is 23.6 Å². The van der Waals surface area contributed by atoms with Gasteiger partial charge in [0.15, 0.2) is 5.58 Å². The number of nitrogen functional groups attached to an aromatic ring is 1. The van der Waals surface area contributed by atoms with E-state index in [0.29, 0.717) is 22.6 Å². The number of alkyl halides is 1. The minimum atomic E-state index is -0.564. The van der Waals surface area contributed by atoms with Crippen molar-refractivity contribution >= 4 is 17.1 Å². The lowest BCUT2D eigenvalue weighted by Crippen LogP contribution is -1.90. The van der Waals surface area contributed by atoms with E-state index >= 15 is 0 Å². The van der Waals surface area contributed by atoms with Gasteiger partial charge < -0.3 is 10.2 Å². The molecule has 1 aromatic carbocycles. The summed E-state index contributed by atoms with van der Waals surface area (Å²) in [5.41, 5.74) is 8.09. The van der Waals surface area contributed by atoms with E-state index < -0.39 is 6.67 Å². The molecule has 0 fully saturated rings. The number of halogens is 1. The summed E-state index contributed by atoms with van der Waals surface area (Å²) < 4.78 is 17.9. The van der Waals surface area contributed by atoms with Crippen LogP contribution in [-0.2, 0) is 6.67 Å². The lowest BCUT2D eigenvalue weighted by atomic mass is 10.0. The van der Waals surface area contributed by atoms with Gasteiger partial charge in [0.1, 0.15) is 12.2 Å². The highest BCUT2D eigenvalue weighted by molar-refractivity contribution is 5.78. The zero-order valence-electron chi connectivity index (χ0n) is 8.75. The lowest BCUT2D eigenvalue weighted by molar-refractivity contribution is 0.481. The Morgan fingerprint density at radius 3 is 2.80 bits per heavy atom. The Hall–Kier alpha value is -1.58. The quantitative estimate of drug-likeness (QED) is 0.825. The molecule has 0 unspecified atom stereocenters. The highest BCUT2D eigenvalue weighted by atomic mass is 19.1. The predicted octanol–water partition coefficient (Wildman–Crippen LogP) is 3.00. The van der Waals surface area contributed by atoms with Gasteiger partial charge in [-0.2, -0.15) is 4.98 Å². The van der Waals surface area contributed by atoms with Crippen LogP contribution in [0.5, 0.6) is 0 Å². The number of hydrogen-bond donors (Lipinski definition) is 1. The molecule has 2 N–H and O–H groups in total. The van der Waals surface area contributed by atoms with E-state index in [9.17, 15) is 4.39 Å². The molecule has 0 spiro atoms. The summed E-state index contributed by atoms with van der Waals surface area (Å²) in [7, 11) is 0. The first-order chi connectivity index (χ1) is 7.11. The molecular formula is C11H13FN2O. The van der Waals surface area contributed by atoms with E-state index in [-0.39, 0.29) is 6.01 Å². The Bertz CT molecular complexity index is 491. The molecule has 80 valence electrons. The summed E-state index contributed by atoms with van der Waals surface area (Å²) in [4.78, 5) is 4.01. The number of rotatable bonds is 2. The number of nitrogens with zero attached hydrogens (tertiary/aromatic N) is 1. The molecule has 0 aliphatic heterocycles. The third kappa shape index (κ3) is 1.67. The molecule has 0 aliphatic carbocycles. The number of fused-ring (bicyclic) bond motifs is 1. The fourth-order valence-electron chi connectivity index (χ4n) is 1.58. The number of aromatic nitrogens is 1. The van der Waals surface area contributed by atoms with Crippen molar-refractivity contribution < 1.29 is 8.81 Å². The highest BCUT2D eigenvalue weighted by Gasteiger charge is 2.11. The third-order valence-corrected chi connectivity index (χ3v) is 2.42. The zero-order chi connectivity index (χ0) is 11.0. The van der Waals surface area contributed by atoms with E-state index in [1.54, 1.807) is 6.07 Å². The predicted molar refractivity (Wildman–Crippen MR) is 57.3 cm³/mol. The van der Waals surface area contributed by atoms with Crippen LogP contribution in [0.3, 0.4) is 0 Å². The van der Waals surface area contributed by atoms with Gasteiger partial charge in [0.05, 0.1) is 0 Å². The molecule has 4 heteroatoms. The summed E-state index contributed by atoms with van der Waals surface area (Å²) in [6.07, 6.45) is 0. The van der Waals surface area contributed by atoms with Crippen molar-refractivity contribution in [3.8, 4) is 0 Å². The maximum absolute atomic E-state index is 12.8. The van der Waals surface area contributed by atoms with Crippen LogP contribution in [-0.4, -0.2) is 4.98 Å². The number of hydrogen-bond acceptors (Lipinski definition) is 3. The van der Waals surface area contributed by atoms with E-state index in [1.165, 1.54) is 0 Å². The molecule has 15 heavy (non-hydrogen) atoms. The normalized spacial score (nSPS) is 11.5. The minimum absolute atomic E-state index is 0.0839. The second-order valence-electron chi connectivity index (χ2n) is 3.87. The Balaban J connectivity index is 2.70. The first-order valence-electron chi connectivity index (χ1n) is 4.86. The van der Waals surface area contributed by atoms with E-state index in [2.05, 4.69) is 4.98 Å². The van der Waals surface area contributed by atoms with Crippen LogP contribution in [0.15, 0.2) is 16.5 Å². The van der Waals surface area contributed by atoms with Crippen LogP contribution in [0.2, 0.25) is 0 Å². The van der Waals surface area contributed by atoms with E-state index in [0.717, 1.165) is 5.56 Å². The van der Waals surface area contributed by atoms with Crippen LogP contribution in [0.25, 0.3) is 11.1 Å². The topological polar surface area (TPSA) is 52.0 Å². The summed E-state index contributed by atoms with van der Waals surface area (Å²) in [6.45, 7) is 3.53. The van der Waals surface area contributed by atoms with Gasteiger partial charge in [0.25, 0.3) is 6.01 Å². The highest BCUT2D eigenvalue weighted by Crippen LogP contribution is 2.27. The van der Waals surface area contributed by atoms with Gasteiger partial charge in [-0.1, -0.05) is 13.8 Å². The van der Waals surface area contributed by atoms with Gasteiger partial charge in [-0.3, -0.25) is 0 Å². The van der Waals surface area contributed by atoms with Crippen molar-refractivity contribution in [1.82, 2.24) is 4.98 Å². The van der Waals surface area contributed by atoms with Crippen molar-refractivity contribution in [3.05, 3.63) is 23.3 Å². The number of benzene rings is 1. The number of oxazole rings is 1. The van der Waals surface area contributed by atoms with Gasteiger partial charge in [-0.25, -0.2) is 4.39 Å². The van der Waals surface area contributed by atoms with Crippen molar-refractivity contribution in [2.24, 2.45) is 0 Å². The zero-order valence-corrected chi connectivity index (χ0v) is 8.75. The molecule has 0 saturated carbocycles. The molecular weight excluding hydrogens is 195 g/mol. The van der Waals surface area contributed by atoms with Gasteiger partial charge >= 0.3 is 0 Å². The Morgan fingerprint density at radius 2 is 2.20 bits per heavy atom. The molecule has 0 aliphatic rings. The number of nitrogens with two attached hydrogens (primary N) is 1. The molecule has 0 atom stereocenters. The maximum Gasteiger partial charge on any atom is 0.292 e. The summed E-state index contributed by atoms with van der Waals surface area (Å²) >= 11 is 0. The van der Waals surface area contributed by atoms with Crippen LogP contribution in [0.4, 0.5) is 10.4 Å². The van der Waals surface area contributed by atoms with Gasteiger partial charge in [-0.15, -0.1) is 0 Å². The van der Waals surface area contributed by atoms with E-state index in [1.807, 2.05) is 19.9 Å². The molecule has 1 aromatic heterocycles. The molecule has 0 radical (unpaired) electrons. The summed E-state index contributed by atoms with van der Waals surface area (Å²) in [5.74, 6) is 0.331. The molecule has 0 bridgehead atoms. The first kappa shape index (κ1) is 9.96. The average Bonchev–Trinajstić information content (AvgIpc) is 2.56. The van der Waals surface area contributed by atoms with Crippen molar-refractivity contribution in [2.75, 3.05) is 5.73 Å². The molecule has 2 rings (SSSR count). The Morgan fingerprint density at radius 1 is 1.47 bits per heavy atom. The smallest absolute Gasteiger partial charge is 0.292 e. The second kappa shape index (κ2) is 3.53. The van der Waals surface area contributed by atoms with Gasteiger partial charge in [0, 0.05) is 5.56 Å². The van der Waals surface area contributed by atoms with Crippen LogP contribution < -0.4 is 5.73 Å². The van der Waals surface area contributed by atoms with Crippen molar-refractivity contribution in [2.45, 2.75) is 26.4 Å². The summed E-state index contributed by atoms with van der Waals surface area (Å²) in [5, 5.41) is 0. The monoisotopic (exact) mass is 208 g/mol. The fourth-order valence-corrected chi connectivity index (χ4v) is 1.58. The standard InChI is InChI=1S/C11H13FN2O/c1-6(2)7-3-8(5-12)10-9(4-7)14-11(13)15-10/h3-4,6H,5H2,1-2H3,(H2,13,14). The first-order valence-corrected chi connectivity index (χ1v) is 4.86. The number of anilines is 1. The fraction of sp³-hybridized carbons (Fsp3) is 0.364. The molecule has 1 heterocycles. The molecule has 0 amide bonds. The maximum atomic E-state index is 12.8. The van der Waals surface area contributed by atoms with Gasteiger partial charge in [0.2, 0.25) is 0 Å².